The fourth-order valence-corrected chi connectivity index (χ4v) is 10.1. The van der Waals surface area contributed by atoms with Crippen molar-refractivity contribution in [2.24, 2.45) is 10.9 Å². The largest absolute Gasteiger partial charge is 0.350 e. The first-order valence-electron chi connectivity index (χ1n) is 19.9. The Morgan fingerprint density at radius 3 is 1.96 bits per heavy atom. The van der Waals surface area contributed by atoms with Gasteiger partial charge in [-0.2, -0.15) is 0 Å². The Labute approximate surface area is 327 Å². The third-order valence-electron chi connectivity index (χ3n) is 12.6. The molecule has 3 aliphatic carbocycles. The summed E-state index contributed by atoms with van der Waals surface area (Å²) >= 11 is 0. The molecular weight excluding hydrogens is 681 g/mol. The van der Waals surface area contributed by atoms with Crippen LogP contribution in [0.3, 0.4) is 0 Å². The number of aromatic nitrogens is 1. The molecule has 1 aliphatic heterocycles. The molecule has 5 unspecified atom stereocenters. The summed E-state index contributed by atoms with van der Waals surface area (Å²) in [4.78, 5) is 5.54. The molecule has 2 N–H and O–H groups in total. The number of amidine groups is 1. The highest BCUT2D eigenvalue weighted by atomic mass is 15.4. The number of hydrogen-bond donors (Lipinski definition) is 2. The highest BCUT2D eigenvalue weighted by Gasteiger charge is 2.53. The molecule has 0 fully saturated rings. The van der Waals surface area contributed by atoms with Gasteiger partial charge in [-0.25, -0.2) is 4.99 Å². The van der Waals surface area contributed by atoms with Gasteiger partial charge in [0.25, 0.3) is 0 Å². The number of fused-ring (bicyclic) bond motifs is 6. The van der Waals surface area contributed by atoms with E-state index in [-0.39, 0.29) is 18.0 Å². The van der Waals surface area contributed by atoms with Crippen molar-refractivity contribution >= 4 is 27.6 Å². The van der Waals surface area contributed by atoms with Gasteiger partial charge in [0.15, 0.2) is 6.29 Å². The van der Waals surface area contributed by atoms with Crippen LogP contribution in [0.5, 0.6) is 0 Å². The minimum atomic E-state index is -0.393. The van der Waals surface area contributed by atoms with Gasteiger partial charge in [-0.1, -0.05) is 182 Å². The van der Waals surface area contributed by atoms with Gasteiger partial charge in [0, 0.05) is 34.1 Å². The zero-order chi connectivity index (χ0) is 37.1. The quantitative estimate of drug-likeness (QED) is 0.179. The molecule has 5 atom stereocenters. The Kier molecular flexibility index (Phi) is 7.85. The van der Waals surface area contributed by atoms with E-state index in [4.69, 9.17) is 4.99 Å². The smallest absolute Gasteiger partial charge is 0.184 e. The molecule has 1 aromatic heterocycles. The molecule has 7 aromatic rings. The molecule has 0 saturated carbocycles. The van der Waals surface area contributed by atoms with Crippen LogP contribution in [0.2, 0.25) is 0 Å². The lowest BCUT2D eigenvalue weighted by Crippen LogP contribution is -2.46. The maximum atomic E-state index is 5.54. The molecule has 56 heavy (non-hydrogen) atoms. The Morgan fingerprint density at radius 1 is 0.589 bits per heavy atom. The molecule has 270 valence electrons. The fraction of sp³-hybridized carbons (Fsp3) is 0.135. The van der Waals surface area contributed by atoms with Gasteiger partial charge in [0.05, 0.1) is 16.4 Å². The summed E-state index contributed by atoms with van der Waals surface area (Å²) in [6.45, 7) is 0. The first-order chi connectivity index (χ1) is 27.8. The van der Waals surface area contributed by atoms with Crippen molar-refractivity contribution in [3.8, 4) is 0 Å². The van der Waals surface area contributed by atoms with Crippen LogP contribution in [0.25, 0.3) is 21.8 Å². The van der Waals surface area contributed by atoms with Crippen molar-refractivity contribution < 1.29 is 0 Å². The standard InChI is InChI=1S/C52H42N4/c1-6-18-35(19-7-1)38-30-31-42-44-33-43-41-28-16-17-29-45(41)52(39-24-12-4-13-25-39,40-26-14-5-15-27-40)46(43)34-48(44)56(47(42)32-38)51-54-49(36-20-8-2-9-21-36)53-50(55-51)37-22-10-3-11-23-37/h1-18,20-35,41,45,49,51,54H,19H2,(H,53,55). The minimum Gasteiger partial charge on any atom is -0.350 e. The summed E-state index contributed by atoms with van der Waals surface area (Å²) in [6, 6.07) is 55.8. The first-order valence-corrected chi connectivity index (χ1v) is 19.9. The second kappa shape index (κ2) is 13.4. The van der Waals surface area contributed by atoms with Crippen LogP contribution in [-0.4, -0.2) is 10.4 Å². The maximum absolute atomic E-state index is 5.54. The number of allylic oxidation sites excluding steroid dienone is 8. The van der Waals surface area contributed by atoms with Gasteiger partial charge < -0.3 is 9.88 Å². The van der Waals surface area contributed by atoms with Crippen molar-refractivity contribution in [1.29, 1.82) is 0 Å². The van der Waals surface area contributed by atoms with Crippen molar-refractivity contribution in [2.75, 3.05) is 0 Å². The molecule has 0 spiro atoms. The van der Waals surface area contributed by atoms with Gasteiger partial charge in [-0.15, -0.1) is 0 Å². The Morgan fingerprint density at radius 2 is 1.25 bits per heavy atom. The summed E-state index contributed by atoms with van der Waals surface area (Å²) < 4.78 is 2.49. The molecule has 4 nitrogen and oxygen atoms in total. The van der Waals surface area contributed by atoms with E-state index >= 15 is 0 Å². The molecular formula is C52H42N4. The monoisotopic (exact) mass is 722 g/mol. The highest BCUT2D eigenvalue weighted by Crippen LogP contribution is 2.60. The normalized spacial score (nSPS) is 23.1. The predicted octanol–water partition coefficient (Wildman–Crippen LogP) is 11.4. The summed E-state index contributed by atoms with van der Waals surface area (Å²) in [5.41, 5.74) is 10.9. The van der Waals surface area contributed by atoms with Crippen LogP contribution in [-0.2, 0) is 5.41 Å². The van der Waals surface area contributed by atoms with Crippen LogP contribution in [0, 0.1) is 5.92 Å². The fourth-order valence-electron chi connectivity index (χ4n) is 10.1. The second-order valence-corrected chi connectivity index (χ2v) is 15.5. The molecule has 0 bridgehead atoms. The molecule has 0 radical (unpaired) electrons. The molecule has 4 heteroatoms. The molecule has 4 aliphatic rings. The van der Waals surface area contributed by atoms with Crippen molar-refractivity contribution in [1.82, 2.24) is 15.2 Å². The van der Waals surface area contributed by atoms with E-state index in [1.54, 1.807) is 0 Å². The van der Waals surface area contributed by atoms with Crippen LogP contribution in [0.1, 0.15) is 69.7 Å². The molecule has 0 amide bonds. The lowest BCUT2D eigenvalue weighted by atomic mass is 9.63. The highest BCUT2D eigenvalue weighted by molar-refractivity contribution is 6.09. The van der Waals surface area contributed by atoms with Gasteiger partial charge in [-0.05, 0) is 58.0 Å². The van der Waals surface area contributed by atoms with E-state index in [1.165, 1.54) is 49.6 Å². The molecule has 0 saturated heterocycles. The van der Waals surface area contributed by atoms with Gasteiger partial charge >= 0.3 is 0 Å². The number of nitrogens with zero attached hydrogens (tertiary/aromatic N) is 2. The summed E-state index contributed by atoms with van der Waals surface area (Å²) in [5.74, 6) is 1.66. The molecule has 6 aromatic carbocycles. The summed E-state index contributed by atoms with van der Waals surface area (Å²) in [7, 11) is 0. The summed E-state index contributed by atoms with van der Waals surface area (Å²) in [5, 5.41) is 10.2. The second-order valence-electron chi connectivity index (χ2n) is 15.5. The lowest BCUT2D eigenvalue weighted by molar-refractivity contribution is 0.341. The van der Waals surface area contributed by atoms with Gasteiger partial charge in [0.1, 0.15) is 12.0 Å². The Balaban J connectivity index is 1.22. The number of benzene rings is 6. The van der Waals surface area contributed by atoms with Gasteiger partial charge in [-0.3, -0.25) is 5.32 Å². The first kappa shape index (κ1) is 32.9. The zero-order valence-electron chi connectivity index (χ0n) is 31.0. The number of rotatable bonds is 6. The summed E-state index contributed by atoms with van der Waals surface area (Å²) in [6.07, 6.45) is 18.8. The van der Waals surface area contributed by atoms with Crippen molar-refractivity contribution in [2.45, 2.75) is 36.1 Å². The SMILES string of the molecule is C1=CCC(c2ccc3c4cc5c(cc4n(C4N=C(c6ccccc6)NC(c6ccccc6)N4)c3c2)C(c2ccccc2)(c2ccccc2)C2C=CC=CC52)C=C1. The average Bonchev–Trinajstić information content (AvgIpc) is 3.76. The zero-order valence-corrected chi connectivity index (χ0v) is 31.0. The Hall–Kier alpha value is -6.49. The minimum absolute atomic E-state index is 0.156. The lowest BCUT2D eigenvalue weighted by Gasteiger charge is -2.39. The van der Waals surface area contributed by atoms with Crippen LogP contribution < -0.4 is 10.6 Å². The van der Waals surface area contributed by atoms with E-state index < -0.39 is 11.7 Å². The van der Waals surface area contributed by atoms with Crippen LogP contribution in [0.15, 0.2) is 205 Å². The molecule has 2 heterocycles. The number of nitrogens with one attached hydrogen (secondary N) is 2. The van der Waals surface area contributed by atoms with E-state index in [2.05, 4.69) is 215 Å². The topological polar surface area (TPSA) is 41.4 Å². The van der Waals surface area contributed by atoms with Crippen molar-refractivity contribution in [3.05, 3.63) is 239 Å². The Bertz CT molecular complexity index is 2700. The number of hydrogen-bond acceptors (Lipinski definition) is 3. The van der Waals surface area contributed by atoms with E-state index in [0.29, 0.717) is 5.92 Å². The predicted molar refractivity (Wildman–Crippen MR) is 230 cm³/mol. The van der Waals surface area contributed by atoms with E-state index in [9.17, 15) is 0 Å². The number of aliphatic imine (C=N–C) groups is 1. The van der Waals surface area contributed by atoms with Crippen molar-refractivity contribution in [3.63, 3.8) is 0 Å². The molecule has 11 rings (SSSR count). The average molecular weight is 723 g/mol. The van der Waals surface area contributed by atoms with Crippen LogP contribution in [0.4, 0.5) is 0 Å². The van der Waals surface area contributed by atoms with Crippen LogP contribution >= 0.6 is 0 Å². The van der Waals surface area contributed by atoms with E-state index in [0.717, 1.165) is 23.4 Å². The maximum Gasteiger partial charge on any atom is 0.184 e. The third kappa shape index (κ3) is 5.13. The van der Waals surface area contributed by atoms with Gasteiger partial charge in [0.2, 0.25) is 0 Å². The third-order valence-corrected chi connectivity index (χ3v) is 12.6. The van der Waals surface area contributed by atoms with E-state index in [1.807, 2.05) is 0 Å².